The van der Waals surface area contributed by atoms with Crippen molar-refractivity contribution in [1.82, 2.24) is 0 Å². The van der Waals surface area contributed by atoms with Crippen LogP contribution in [-0.4, -0.2) is 19.0 Å². The van der Waals surface area contributed by atoms with E-state index in [-0.39, 0.29) is 6.79 Å². The smallest absolute Gasteiger partial charge is 0.143 e. The van der Waals surface area contributed by atoms with Gasteiger partial charge in [-0.05, 0) is 24.1 Å². The zero-order chi connectivity index (χ0) is 11.7. The van der Waals surface area contributed by atoms with Crippen LogP contribution in [0.25, 0.3) is 0 Å². The highest BCUT2D eigenvalue weighted by Crippen LogP contribution is 2.21. The molecule has 0 bridgehead atoms. The lowest BCUT2D eigenvalue weighted by molar-refractivity contribution is 0.0325. The van der Waals surface area contributed by atoms with Crippen LogP contribution in [0, 0.1) is 0 Å². The molecular formula is C11H16Cl2O2. The maximum absolute atomic E-state index is 7.65. The van der Waals surface area contributed by atoms with Gasteiger partial charge in [0.2, 0.25) is 0 Å². The molecule has 0 aliphatic heterocycles. The van der Waals surface area contributed by atoms with E-state index in [2.05, 4.69) is 11.7 Å². The Morgan fingerprint density at radius 3 is 2.33 bits per heavy atom. The summed E-state index contributed by atoms with van der Waals surface area (Å²) >= 11 is 11.7. The zero-order valence-electron chi connectivity index (χ0n) is 8.96. The molecular weight excluding hydrogens is 235 g/mol. The standard InChI is InChI=1S/C9H10Cl2.C2H6O2/c1-2-3-7-4-5-8(10)6-9(7)11;1-4-2-3/h4-6H,2-3H2,1H3;3H,2H2,1H3. The summed E-state index contributed by atoms with van der Waals surface area (Å²) in [5.41, 5.74) is 1.18. The molecule has 1 aromatic carbocycles. The predicted octanol–water partition coefficient (Wildman–Crippen LogP) is 3.53. The number of aryl methyl sites for hydroxylation is 1. The Labute approximate surface area is 101 Å². The lowest BCUT2D eigenvalue weighted by atomic mass is 10.1. The molecule has 2 nitrogen and oxygen atoms in total. The third-order valence-electron chi connectivity index (χ3n) is 1.66. The van der Waals surface area contributed by atoms with Crippen molar-refractivity contribution in [3.8, 4) is 0 Å². The minimum atomic E-state index is -0.181. The van der Waals surface area contributed by atoms with Gasteiger partial charge in [-0.1, -0.05) is 42.6 Å². The van der Waals surface area contributed by atoms with Crippen LogP contribution in [0.1, 0.15) is 18.9 Å². The maximum Gasteiger partial charge on any atom is 0.143 e. The summed E-state index contributed by atoms with van der Waals surface area (Å²) in [5, 5.41) is 9.13. The molecule has 0 heterocycles. The van der Waals surface area contributed by atoms with Crippen LogP contribution in [0.5, 0.6) is 0 Å². The molecule has 0 fully saturated rings. The maximum atomic E-state index is 7.65. The van der Waals surface area contributed by atoms with Gasteiger partial charge in [0.05, 0.1) is 0 Å². The Balaban J connectivity index is 0.000000423. The minimum Gasteiger partial charge on any atom is -0.371 e. The van der Waals surface area contributed by atoms with E-state index >= 15 is 0 Å². The molecule has 15 heavy (non-hydrogen) atoms. The van der Waals surface area contributed by atoms with Crippen LogP contribution in [0.3, 0.4) is 0 Å². The molecule has 0 radical (unpaired) electrons. The molecule has 0 spiro atoms. The van der Waals surface area contributed by atoms with E-state index in [0.717, 1.165) is 17.9 Å². The Kier molecular flexibility index (Phi) is 8.82. The van der Waals surface area contributed by atoms with Crippen molar-refractivity contribution >= 4 is 23.2 Å². The van der Waals surface area contributed by atoms with E-state index in [1.165, 1.54) is 12.7 Å². The summed E-state index contributed by atoms with van der Waals surface area (Å²) in [6, 6.07) is 5.64. The lowest BCUT2D eigenvalue weighted by Gasteiger charge is -2.01. The Morgan fingerprint density at radius 1 is 1.33 bits per heavy atom. The van der Waals surface area contributed by atoms with Crippen molar-refractivity contribution < 1.29 is 9.84 Å². The van der Waals surface area contributed by atoms with E-state index in [1.807, 2.05) is 12.1 Å². The second-order valence-corrected chi connectivity index (χ2v) is 3.75. The van der Waals surface area contributed by atoms with Gasteiger partial charge >= 0.3 is 0 Å². The molecule has 0 aromatic heterocycles. The fourth-order valence-corrected chi connectivity index (χ4v) is 1.50. The molecule has 1 N–H and O–H groups in total. The first-order valence-electron chi connectivity index (χ1n) is 4.69. The molecule has 86 valence electrons. The first-order valence-corrected chi connectivity index (χ1v) is 5.45. The SMILES string of the molecule is CCCc1ccc(Cl)cc1Cl.COCO. The summed E-state index contributed by atoms with van der Waals surface area (Å²) < 4.78 is 4.10. The number of methoxy groups -OCH3 is 1. The van der Waals surface area contributed by atoms with E-state index < -0.39 is 0 Å². The second kappa shape index (κ2) is 8.98. The quantitative estimate of drug-likeness (QED) is 0.833. The molecule has 0 amide bonds. The zero-order valence-corrected chi connectivity index (χ0v) is 10.5. The van der Waals surface area contributed by atoms with Gasteiger partial charge in [0.15, 0.2) is 0 Å². The van der Waals surface area contributed by atoms with Gasteiger partial charge in [-0.3, -0.25) is 0 Å². The van der Waals surface area contributed by atoms with Gasteiger partial charge in [-0.25, -0.2) is 0 Å². The summed E-state index contributed by atoms with van der Waals surface area (Å²) in [5.74, 6) is 0. The van der Waals surface area contributed by atoms with Gasteiger partial charge in [-0.2, -0.15) is 0 Å². The number of aliphatic hydroxyl groups is 1. The predicted molar refractivity (Wildman–Crippen MR) is 64.6 cm³/mol. The molecule has 0 aliphatic carbocycles. The fraction of sp³-hybridized carbons (Fsp3) is 0.455. The molecule has 4 heteroatoms. The molecule has 1 aromatic rings. The van der Waals surface area contributed by atoms with Gasteiger partial charge in [0.1, 0.15) is 6.79 Å². The highest BCUT2D eigenvalue weighted by Gasteiger charge is 1.98. The van der Waals surface area contributed by atoms with Gasteiger partial charge in [-0.15, -0.1) is 0 Å². The van der Waals surface area contributed by atoms with Crippen molar-refractivity contribution in [2.75, 3.05) is 13.9 Å². The van der Waals surface area contributed by atoms with Crippen molar-refractivity contribution in [2.24, 2.45) is 0 Å². The molecule has 0 saturated heterocycles. The largest absolute Gasteiger partial charge is 0.371 e. The van der Waals surface area contributed by atoms with E-state index in [4.69, 9.17) is 28.3 Å². The fourth-order valence-electron chi connectivity index (χ4n) is 0.994. The van der Waals surface area contributed by atoms with Gasteiger partial charge in [0.25, 0.3) is 0 Å². The molecule has 1 rings (SSSR count). The van der Waals surface area contributed by atoms with Crippen LogP contribution >= 0.6 is 23.2 Å². The van der Waals surface area contributed by atoms with Crippen molar-refractivity contribution in [2.45, 2.75) is 19.8 Å². The number of ether oxygens (including phenoxy) is 1. The lowest BCUT2D eigenvalue weighted by Crippen LogP contribution is -1.83. The monoisotopic (exact) mass is 250 g/mol. The number of hydrogen-bond acceptors (Lipinski definition) is 2. The third-order valence-corrected chi connectivity index (χ3v) is 2.25. The molecule has 0 saturated carbocycles. The van der Waals surface area contributed by atoms with E-state index in [9.17, 15) is 0 Å². The Morgan fingerprint density at radius 2 is 1.93 bits per heavy atom. The van der Waals surface area contributed by atoms with Crippen LogP contribution in [0.15, 0.2) is 18.2 Å². The highest BCUT2D eigenvalue weighted by atomic mass is 35.5. The highest BCUT2D eigenvalue weighted by molar-refractivity contribution is 6.35. The average molecular weight is 251 g/mol. The summed E-state index contributed by atoms with van der Waals surface area (Å²) in [4.78, 5) is 0. The normalized spacial score (nSPS) is 9.40. The number of rotatable bonds is 3. The van der Waals surface area contributed by atoms with Gasteiger partial charge < -0.3 is 9.84 Å². The molecule has 0 atom stereocenters. The van der Waals surface area contributed by atoms with Gasteiger partial charge in [0, 0.05) is 17.2 Å². The number of hydrogen-bond donors (Lipinski definition) is 1. The number of benzene rings is 1. The first kappa shape index (κ1) is 14.7. The average Bonchev–Trinajstić information content (AvgIpc) is 2.23. The summed E-state index contributed by atoms with van der Waals surface area (Å²) in [7, 11) is 1.43. The number of halogens is 2. The van der Waals surface area contributed by atoms with Crippen molar-refractivity contribution in [3.63, 3.8) is 0 Å². The van der Waals surface area contributed by atoms with Crippen LogP contribution in [-0.2, 0) is 11.2 Å². The van der Waals surface area contributed by atoms with Crippen LogP contribution in [0.4, 0.5) is 0 Å². The number of aliphatic hydroxyl groups excluding tert-OH is 1. The second-order valence-electron chi connectivity index (χ2n) is 2.90. The Hall–Kier alpha value is -0.280. The minimum absolute atomic E-state index is 0.181. The van der Waals surface area contributed by atoms with Crippen LogP contribution in [0.2, 0.25) is 10.0 Å². The van der Waals surface area contributed by atoms with Crippen molar-refractivity contribution in [3.05, 3.63) is 33.8 Å². The topological polar surface area (TPSA) is 29.5 Å². The third kappa shape index (κ3) is 6.74. The van der Waals surface area contributed by atoms with E-state index in [0.29, 0.717) is 5.02 Å². The van der Waals surface area contributed by atoms with Crippen molar-refractivity contribution in [1.29, 1.82) is 0 Å². The Bertz CT molecular complexity index is 275. The molecule has 0 unspecified atom stereocenters. The van der Waals surface area contributed by atoms with E-state index in [1.54, 1.807) is 6.07 Å². The van der Waals surface area contributed by atoms with Crippen LogP contribution < -0.4 is 0 Å². The molecule has 0 aliphatic rings. The first-order chi connectivity index (χ1) is 7.15. The summed E-state index contributed by atoms with van der Waals surface area (Å²) in [6.45, 7) is 1.95. The summed E-state index contributed by atoms with van der Waals surface area (Å²) in [6.07, 6.45) is 2.14.